The van der Waals surface area contributed by atoms with Crippen LogP contribution >= 0.6 is 0 Å². The van der Waals surface area contributed by atoms with E-state index in [9.17, 15) is 0 Å². The summed E-state index contributed by atoms with van der Waals surface area (Å²) >= 11 is 0. The second-order valence-corrected chi connectivity index (χ2v) is 6.12. The Morgan fingerprint density at radius 1 is 1.11 bits per heavy atom. The first-order valence-electron chi connectivity index (χ1n) is 6.70. The minimum Gasteiger partial charge on any atom is -0.323 e. The van der Waals surface area contributed by atoms with Gasteiger partial charge < -0.3 is 14.2 Å². The van der Waals surface area contributed by atoms with Gasteiger partial charge in [-0.25, -0.2) is 0 Å². The number of benzene rings is 1. The lowest BCUT2D eigenvalue weighted by Crippen LogP contribution is -2.48. The third-order valence-corrected chi connectivity index (χ3v) is 3.64. The summed E-state index contributed by atoms with van der Waals surface area (Å²) in [5.41, 5.74) is 2.04. The van der Waals surface area contributed by atoms with Crippen LogP contribution in [0.4, 0.5) is 0 Å². The maximum absolute atomic E-state index is 6.04. The van der Waals surface area contributed by atoms with E-state index in [0.717, 1.165) is 17.6 Å². The topological polar surface area (TPSA) is 27.7 Å². The summed E-state index contributed by atoms with van der Waals surface area (Å²) in [4.78, 5) is 0. The molecule has 0 saturated carbocycles. The Labute approximate surface area is 114 Å². The highest BCUT2D eigenvalue weighted by Gasteiger charge is 2.50. The molecule has 0 radical (unpaired) electrons. The number of rotatable bonds is 1. The Morgan fingerprint density at radius 2 is 1.74 bits per heavy atom. The van der Waals surface area contributed by atoms with Crippen molar-refractivity contribution in [2.24, 2.45) is 5.41 Å². The van der Waals surface area contributed by atoms with Gasteiger partial charge in [0.05, 0.1) is 19.3 Å². The Bertz CT molecular complexity index is 468. The van der Waals surface area contributed by atoms with E-state index in [-0.39, 0.29) is 11.5 Å². The zero-order valence-electron chi connectivity index (χ0n) is 11.5. The highest BCUT2D eigenvalue weighted by molar-refractivity contribution is 5.24. The van der Waals surface area contributed by atoms with E-state index in [2.05, 4.69) is 32.6 Å². The van der Waals surface area contributed by atoms with Crippen LogP contribution in [0.3, 0.4) is 0 Å². The monoisotopic (exact) mass is 260 g/mol. The maximum atomic E-state index is 6.04. The average molecular weight is 260 g/mol. The third kappa shape index (κ3) is 2.34. The molecule has 0 aliphatic carbocycles. The standard InChI is InChI=1S/C16H20O3/c1-12-9-14(13-7-5-4-6-8-13)19-16(12)17-10-15(2,3)11-18-16/h4-8,14H,1,9-11H2,2-3H3. The molecule has 1 atom stereocenters. The van der Waals surface area contributed by atoms with E-state index in [4.69, 9.17) is 14.2 Å². The van der Waals surface area contributed by atoms with Crippen LogP contribution in [0.5, 0.6) is 0 Å². The van der Waals surface area contributed by atoms with Gasteiger partial charge in [0.1, 0.15) is 0 Å². The molecule has 1 unspecified atom stereocenters. The van der Waals surface area contributed by atoms with E-state index in [1.54, 1.807) is 0 Å². The largest absolute Gasteiger partial charge is 0.323 e. The smallest absolute Gasteiger partial charge is 0.308 e. The highest BCUT2D eigenvalue weighted by atomic mass is 16.9. The van der Waals surface area contributed by atoms with Gasteiger partial charge >= 0.3 is 5.97 Å². The van der Waals surface area contributed by atoms with Gasteiger partial charge in [-0.15, -0.1) is 0 Å². The Balaban J connectivity index is 1.78. The van der Waals surface area contributed by atoms with E-state index >= 15 is 0 Å². The van der Waals surface area contributed by atoms with Crippen LogP contribution in [-0.4, -0.2) is 19.2 Å². The summed E-state index contributed by atoms with van der Waals surface area (Å²) in [5, 5.41) is 0. The van der Waals surface area contributed by atoms with Gasteiger partial charge in [-0.05, 0) is 5.56 Å². The molecule has 0 aromatic heterocycles. The van der Waals surface area contributed by atoms with E-state index in [0.29, 0.717) is 13.2 Å². The summed E-state index contributed by atoms with van der Waals surface area (Å²) < 4.78 is 17.8. The Kier molecular flexibility index (Phi) is 3.01. The number of ether oxygens (including phenoxy) is 3. The fourth-order valence-electron chi connectivity index (χ4n) is 2.45. The fourth-order valence-corrected chi connectivity index (χ4v) is 2.45. The van der Waals surface area contributed by atoms with Crippen molar-refractivity contribution in [1.82, 2.24) is 0 Å². The van der Waals surface area contributed by atoms with Crippen LogP contribution in [0, 0.1) is 5.41 Å². The van der Waals surface area contributed by atoms with Crippen molar-refractivity contribution in [3.05, 3.63) is 48.0 Å². The van der Waals surface area contributed by atoms with Gasteiger partial charge in [-0.1, -0.05) is 50.8 Å². The molecule has 2 heterocycles. The quantitative estimate of drug-likeness (QED) is 0.724. The van der Waals surface area contributed by atoms with Gasteiger partial charge in [0, 0.05) is 17.4 Å². The molecular formula is C16H20O3. The molecule has 3 rings (SSSR count). The van der Waals surface area contributed by atoms with Crippen molar-refractivity contribution in [1.29, 1.82) is 0 Å². The van der Waals surface area contributed by atoms with Crippen molar-refractivity contribution in [3.63, 3.8) is 0 Å². The van der Waals surface area contributed by atoms with Crippen molar-refractivity contribution in [3.8, 4) is 0 Å². The Morgan fingerprint density at radius 3 is 2.37 bits per heavy atom. The van der Waals surface area contributed by atoms with Gasteiger partial charge in [0.25, 0.3) is 0 Å². The van der Waals surface area contributed by atoms with Crippen LogP contribution in [0.15, 0.2) is 42.5 Å². The zero-order valence-corrected chi connectivity index (χ0v) is 11.5. The second kappa shape index (κ2) is 4.44. The molecule has 2 aliphatic heterocycles. The predicted octanol–water partition coefficient (Wildman–Crippen LogP) is 3.43. The molecule has 2 fully saturated rings. The summed E-state index contributed by atoms with van der Waals surface area (Å²) in [7, 11) is 0. The van der Waals surface area contributed by atoms with Crippen LogP contribution < -0.4 is 0 Å². The van der Waals surface area contributed by atoms with Gasteiger partial charge in [-0.3, -0.25) is 0 Å². The molecular weight excluding hydrogens is 240 g/mol. The first-order chi connectivity index (χ1) is 9.01. The van der Waals surface area contributed by atoms with Gasteiger partial charge in [-0.2, -0.15) is 0 Å². The van der Waals surface area contributed by atoms with Gasteiger partial charge in [0.2, 0.25) is 0 Å². The molecule has 0 N–H and O–H groups in total. The molecule has 2 aliphatic rings. The molecule has 2 saturated heterocycles. The SMILES string of the molecule is C=C1CC(c2ccccc2)OC12OCC(C)(C)CO2. The molecule has 1 aromatic rings. The molecule has 0 amide bonds. The molecule has 19 heavy (non-hydrogen) atoms. The van der Waals surface area contributed by atoms with E-state index in [1.807, 2.05) is 18.2 Å². The molecule has 102 valence electrons. The third-order valence-electron chi connectivity index (χ3n) is 3.64. The molecule has 0 bridgehead atoms. The van der Waals surface area contributed by atoms with Crippen molar-refractivity contribution in [2.45, 2.75) is 32.3 Å². The highest BCUT2D eigenvalue weighted by Crippen LogP contribution is 2.47. The molecule has 3 heteroatoms. The van der Waals surface area contributed by atoms with Crippen LogP contribution in [0.2, 0.25) is 0 Å². The molecule has 1 aromatic carbocycles. The molecule has 1 spiro atoms. The fraction of sp³-hybridized carbons (Fsp3) is 0.500. The molecule has 3 nitrogen and oxygen atoms in total. The normalized spacial score (nSPS) is 28.7. The average Bonchev–Trinajstić information content (AvgIpc) is 2.73. The van der Waals surface area contributed by atoms with Crippen molar-refractivity contribution < 1.29 is 14.2 Å². The lowest BCUT2D eigenvalue weighted by molar-refractivity contribution is -0.391. The van der Waals surface area contributed by atoms with Crippen LogP contribution in [0.25, 0.3) is 0 Å². The first-order valence-corrected chi connectivity index (χ1v) is 6.70. The van der Waals surface area contributed by atoms with E-state index < -0.39 is 5.97 Å². The Hall–Kier alpha value is -1.16. The van der Waals surface area contributed by atoms with Crippen molar-refractivity contribution in [2.75, 3.05) is 13.2 Å². The maximum Gasteiger partial charge on any atom is 0.308 e. The lowest BCUT2D eigenvalue weighted by atomic mass is 9.95. The minimum atomic E-state index is -1.03. The van der Waals surface area contributed by atoms with Crippen LogP contribution in [0.1, 0.15) is 31.9 Å². The lowest BCUT2D eigenvalue weighted by Gasteiger charge is -2.40. The van der Waals surface area contributed by atoms with E-state index in [1.165, 1.54) is 0 Å². The zero-order chi connectivity index (χ0) is 13.5. The minimum absolute atomic E-state index is 0.0275. The van der Waals surface area contributed by atoms with Crippen molar-refractivity contribution >= 4 is 0 Å². The number of hydrogen-bond donors (Lipinski definition) is 0. The summed E-state index contributed by atoms with van der Waals surface area (Å²) in [6.45, 7) is 9.55. The number of hydrogen-bond acceptors (Lipinski definition) is 3. The van der Waals surface area contributed by atoms with Crippen LogP contribution in [-0.2, 0) is 14.2 Å². The first kappa shape index (κ1) is 12.9. The van der Waals surface area contributed by atoms with Gasteiger partial charge in [0.15, 0.2) is 0 Å². The summed E-state index contributed by atoms with van der Waals surface area (Å²) in [6.07, 6.45) is 0.708. The summed E-state index contributed by atoms with van der Waals surface area (Å²) in [6, 6.07) is 10.1. The summed E-state index contributed by atoms with van der Waals surface area (Å²) in [5.74, 6) is -1.03. The second-order valence-electron chi connectivity index (χ2n) is 6.12. The predicted molar refractivity (Wildman–Crippen MR) is 72.4 cm³/mol.